The summed E-state index contributed by atoms with van der Waals surface area (Å²) in [7, 11) is 0. The quantitative estimate of drug-likeness (QED) is 0.548. The summed E-state index contributed by atoms with van der Waals surface area (Å²) in [6.07, 6.45) is 3.32. The number of benzene rings is 1. The molecule has 2 atom stereocenters. The summed E-state index contributed by atoms with van der Waals surface area (Å²) in [5.74, 6) is -0.199. The molecule has 0 spiro atoms. The van der Waals surface area contributed by atoms with Crippen molar-refractivity contribution in [2.24, 2.45) is 5.92 Å². The van der Waals surface area contributed by atoms with E-state index in [0.29, 0.717) is 6.42 Å². The number of nitrogens with one attached hydrogen (secondary N) is 1. The molecule has 2 unspecified atom stereocenters. The summed E-state index contributed by atoms with van der Waals surface area (Å²) in [6.45, 7) is 4.67. The van der Waals surface area contributed by atoms with Crippen molar-refractivity contribution in [1.29, 1.82) is 0 Å². The van der Waals surface area contributed by atoms with Gasteiger partial charge in [0, 0.05) is 12.3 Å². The Hall–Kier alpha value is -1.48. The van der Waals surface area contributed by atoms with Crippen molar-refractivity contribution in [2.75, 3.05) is 6.54 Å². The van der Waals surface area contributed by atoms with Gasteiger partial charge in [-0.05, 0) is 18.5 Å². The van der Waals surface area contributed by atoms with Crippen LogP contribution in [0.25, 0.3) is 0 Å². The zero-order valence-corrected chi connectivity index (χ0v) is 11.8. The normalized spacial score (nSPS) is 13.8. The molecule has 0 radical (unpaired) electrons. The van der Waals surface area contributed by atoms with Gasteiger partial charge >= 0.3 is 0 Å². The average molecular weight is 261 g/mol. The molecule has 0 saturated heterocycles. The second kappa shape index (κ2) is 8.59. The molecule has 0 aliphatic carbocycles. The van der Waals surface area contributed by atoms with Crippen LogP contribution >= 0.6 is 0 Å². The molecule has 1 N–H and O–H groups in total. The first-order valence-corrected chi connectivity index (χ1v) is 6.94. The lowest BCUT2D eigenvalue weighted by molar-refractivity contribution is -0.124. The first kappa shape index (κ1) is 15.6. The predicted octanol–water partition coefficient (Wildman–Crippen LogP) is 2.39. The molecular weight excluding hydrogens is 238 g/mol. The van der Waals surface area contributed by atoms with Crippen LogP contribution in [0, 0.1) is 5.92 Å². The maximum Gasteiger partial charge on any atom is 0.154 e. The molecule has 0 saturated carbocycles. The minimum Gasteiger partial charge on any atom is -0.307 e. The smallest absolute Gasteiger partial charge is 0.154 e. The fourth-order valence-electron chi connectivity index (χ4n) is 2.01. The van der Waals surface area contributed by atoms with E-state index in [1.165, 1.54) is 0 Å². The summed E-state index contributed by atoms with van der Waals surface area (Å²) >= 11 is 0. The third-order valence-electron chi connectivity index (χ3n) is 3.20. The van der Waals surface area contributed by atoms with Crippen molar-refractivity contribution >= 4 is 12.1 Å². The largest absolute Gasteiger partial charge is 0.307 e. The number of carbonyl (C=O) groups is 2. The molecule has 0 heterocycles. The number of hydrogen-bond donors (Lipinski definition) is 1. The molecule has 104 valence electrons. The van der Waals surface area contributed by atoms with Gasteiger partial charge in [-0.15, -0.1) is 0 Å². The zero-order chi connectivity index (χ0) is 14.1. The highest BCUT2D eigenvalue weighted by Gasteiger charge is 2.23. The van der Waals surface area contributed by atoms with Gasteiger partial charge in [0.1, 0.15) is 6.29 Å². The van der Waals surface area contributed by atoms with Gasteiger partial charge in [-0.25, -0.2) is 0 Å². The minimum atomic E-state index is -0.371. The van der Waals surface area contributed by atoms with Gasteiger partial charge in [0.15, 0.2) is 5.78 Å². The van der Waals surface area contributed by atoms with E-state index in [0.717, 1.165) is 31.2 Å². The first-order valence-electron chi connectivity index (χ1n) is 6.94. The van der Waals surface area contributed by atoms with Crippen LogP contribution in [-0.2, 0) is 16.0 Å². The summed E-state index contributed by atoms with van der Waals surface area (Å²) in [6, 6.07) is 9.28. The van der Waals surface area contributed by atoms with E-state index in [1.807, 2.05) is 30.3 Å². The summed E-state index contributed by atoms with van der Waals surface area (Å²) in [5, 5.41) is 3.21. The lowest BCUT2D eigenvalue weighted by atomic mass is 9.94. The van der Waals surface area contributed by atoms with Gasteiger partial charge in [0.2, 0.25) is 0 Å². The fourth-order valence-corrected chi connectivity index (χ4v) is 2.01. The monoisotopic (exact) mass is 261 g/mol. The Balaban J connectivity index is 2.63. The molecule has 0 bridgehead atoms. The molecule has 0 aliphatic rings. The molecule has 0 aliphatic heterocycles. The second-order valence-electron chi connectivity index (χ2n) is 4.91. The van der Waals surface area contributed by atoms with E-state index < -0.39 is 0 Å². The first-order chi connectivity index (χ1) is 9.19. The zero-order valence-electron chi connectivity index (χ0n) is 11.8. The van der Waals surface area contributed by atoms with E-state index >= 15 is 0 Å². The number of hydrogen-bond acceptors (Lipinski definition) is 3. The van der Waals surface area contributed by atoms with E-state index in [9.17, 15) is 9.59 Å². The maximum atomic E-state index is 12.3. The van der Waals surface area contributed by atoms with Crippen LogP contribution in [0.1, 0.15) is 32.3 Å². The topological polar surface area (TPSA) is 46.2 Å². The SMILES string of the molecule is CCCCNC(C(=O)Cc1ccccc1)C(C)C=O. The molecule has 19 heavy (non-hydrogen) atoms. The van der Waals surface area contributed by atoms with Crippen molar-refractivity contribution in [2.45, 2.75) is 39.2 Å². The van der Waals surface area contributed by atoms with Gasteiger partial charge < -0.3 is 10.1 Å². The average Bonchev–Trinajstić information content (AvgIpc) is 2.44. The van der Waals surface area contributed by atoms with Crippen molar-refractivity contribution < 1.29 is 9.59 Å². The molecule has 3 heteroatoms. The Kier molecular flexibility index (Phi) is 7.04. The van der Waals surface area contributed by atoms with Crippen LogP contribution in [0.2, 0.25) is 0 Å². The molecule has 0 aromatic heterocycles. The van der Waals surface area contributed by atoms with E-state index in [1.54, 1.807) is 6.92 Å². The Bertz CT molecular complexity index is 389. The maximum absolute atomic E-state index is 12.3. The molecule has 1 aromatic carbocycles. The van der Waals surface area contributed by atoms with Gasteiger partial charge in [0.25, 0.3) is 0 Å². The highest BCUT2D eigenvalue weighted by molar-refractivity contribution is 5.88. The Morgan fingerprint density at radius 1 is 1.32 bits per heavy atom. The highest BCUT2D eigenvalue weighted by Crippen LogP contribution is 2.08. The summed E-state index contributed by atoms with van der Waals surface area (Å²) in [4.78, 5) is 23.2. The highest BCUT2D eigenvalue weighted by atomic mass is 16.1. The predicted molar refractivity (Wildman–Crippen MR) is 77.1 cm³/mol. The third kappa shape index (κ3) is 5.35. The van der Waals surface area contributed by atoms with Crippen molar-refractivity contribution in [3.8, 4) is 0 Å². The minimum absolute atomic E-state index is 0.0851. The standard InChI is InChI=1S/C16H23NO2/c1-3-4-10-17-16(13(2)12-18)15(19)11-14-8-6-5-7-9-14/h5-9,12-13,16-17H,3-4,10-11H2,1-2H3. The number of unbranched alkanes of at least 4 members (excludes halogenated alkanes) is 1. The van der Waals surface area contributed by atoms with E-state index in [2.05, 4.69) is 12.2 Å². The molecule has 0 amide bonds. The van der Waals surface area contributed by atoms with Crippen molar-refractivity contribution in [3.05, 3.63) is 35.9 Å². The van der Waals surface area contributed by atoms with Crippen LogP contribution in [0.5, 0.6) is 0 Å². The summed E-state index contributed by atoms with van der Waals surface area (Å²) < 4.78 is 0. The van der Waals surface area contributed by atoms with Gasteiger partial charge in [-0.3, -0.25) is 4.79 Å². The number of carbonyl (C=O) groups excluding carboxylic acids is 2. The van der Waals surface area contributed by atoms with E-state index in [4.69, 9.17) is 0 Å². The number of aldehydes is 1. The molecule has 1 rings (SSSR count). The lowest BCUT2D eigenvalue weighted by Crippen LogP contribution is -2.43. The van der Waals surface area contributed by atoms with Crippen molar-refractivity contribution in [3.63, 3.8) is 0 Å². The van der Waals surface area contributed by atoms with Crippen LogP contribution in [0.4, 0.5) is 0 Å². The number of rotatable bonds is 9. The molecule has 1 aromatic rings. The Morgan fingerprint density at radius 2 is 2.00 bits per heavy atom. The van der Waals surface area contributed by atoms with Gasteiger partial charge in [-0.1, -0.05) is 50.6 Å². The van der Waals surface area contributed by atoms with E-state index in [-0.39, 0.29) is 17.7 Å². The Labute approximate surface area is 115 Å². The molecular formula is C16H23NO2. The summed E-state index contributed by atoms with van der Waals surface area (Å²) in [5.41, 5.74) is 0.993. The Morgan fingerprint density at radius 3 is 2.58 bits per heavy atom. The second-order valence-corrected chi connectivity index (χ2v) is 4.91. The number of ketones is 1. The van der Waals surface area contributed by atoms with Crippen LogP contribution in [0.15, 0.2) is 30.3 Å². The van der Waals surface area contributed by atoms with Crippen LogP contribution in [-0.4, -0.2) is 24.7 Å². The van der Waals surface area contributed by atoms with Crippen molar-refractivity contribution in [1.82, 2.24) is 5.32 Å². The van der Waals surface area contributed by atoms with Crippen LogP contribution < -0.4 is 5.32 Å². The van der Waals surface area contributed by atoms with Crippen LogP contribution in [0.3, 0.4) is 0 Å². The van der Waals surface area contributed by atoms with Gasteiger partial charge in [-0.2, -0.15) is 0 Å². The fraction of sp³-hybridized carbons (Fsp3) is 0.500. The molecule has 0 fully saturated rings. The number of Topliss-reactive ketones (excluding diaryl/α,β-unsaturated/α-hetero) is 1. The lowest BCUT2D eigenvalue weighted by Gasteiger charge is -2.20. The molecule has 3 nitrogen and oxygen atoms in total. The van der Waals surface area contributed by atoms with Gasteiger partial charge in [0.05, 0.1) is 6.04 Å². The third-order valence-corrected chi connectivity index (χ3v) is 3.20.